The van der Waals surface area contributed by atoms with Gasteiger partial charge in [-0.25, -0.2) is 4.79 Å². The minimum Gasteiger partial charge on any atom is -0.450 e. The number of amides is 4. The molecule has 8 nitrogen and oxygen atoms in total. The van der Waals surface area contributed by atoms with E-state index >= 15 is 0 Å². The van der Waals surface area contributed by atoms with Gasteiger partial charge in [0.15, 0.2) is 0 Å². The standard InChI is InChI=1S/C17H21N3O5/c1-2-25-17(24)19-10-9-18-14(21)8-5-11-20-15(22)12-6-3-4-7-13(12)16(20)23/h3-4,6-7H,2,5,8-11H2,1H3,(H,18,21)(H,19,24). The van der Waals surface area contributed by atoms with E-state index in [0.717, 1.165) is 0 Å². The van der Waals surface area contributed by atoms with Crippen LogP contribution < -0.4 is 10.6 Å². The Bertz CT molecular complexity index is 639. The molecular formula is C17H21N3O5. The average Bonchev–Trinajstić information content (AvgIpc) is 2.84. The van der Waals surface area contributed by atoms with Crippen LogP contribution in [0.5, 0.6) is 0 Å². The van der Waals surface area contributed by atoms with Crippen molar-refractivity contribution in [1.29, 1.82) is 0 Å². The number of carbonyl (C=O) groups is 4. The molecule has 1 aliphatic rings. The highest BCUT2D eigenvalue weighted by molar-refractivity contribution is 6.21. The summed E-state index contributed by atoms with van der Waals surface area (Å²) in [5, 5.41) is 5.14. The van der Waals surface area contributed by atoms with Crippen LogP contribution in [-0.4, -0.2) is 55.0 Å². The van der Waals surface area contributed by atoms with E-state index in [1.54, 1.807) is 31.2 Å². The molecule has 134 valence electrons. The fourth-order valence-electron chi connectivity index (χ4n) is 2.48. The highest BCUT2D eigenvalue weighted by Crippen LogP contribution is 2.22. The number of hydrogen-bond acceptors (Lipinski definition) is 5. The molecule has 25 heavy (non-hydrogen) atoms. The lowest BCUT2D eigenvalue weighted by molar-refractivity contribution is -0.121. The van der Waals surface area contributed by atoms with Gasteiger partial charge in [-0.15, -0.1) is 0 Å². The van der Waals surface area contributed by atoms with E-state index in [9.17, 15) is 19.2 Å². The monoisotopic (exact) mass is 347 g/mol. The number of hydrogen-bond donors (Lipinski definition) is 2. The second kappa shape index (κ2) is 8.81. The fraction of sp³-hybridized carbons (Fsp3) is 0.412. The molecule has 0 aliphatic carbocycles. The van der Waals surface area contributed by atoms with Crippen LogP contribution in [0.2, 0.25) is 0 Å². The number of carbonyl (C=O) groups excluding carboxylic acids is 4. The molecule has 1 aromatic rings. The van der Waals surface area contributed by atoms with Crippen molar-refractivity contribution in [3.8, 4) is 0 Å². The second-order valence-electron chi connectivity index (χ2n) is 5.41. The number of rotatable bonds is 8. The third-order valence-electron chi connectivity index (χ3n) is 3.66. The quantitative estimate of drug-likeness (QED) is 0.537. The zero-order valence-electron chi connectivity index (χ0n) is 14.0. The van der Waals surface area contributed by atoms with E-state index in [1.807, 2.05) is 0 Å². The number of benzene rings is 1. The lowest BCUT2D eigenvalue weighted by Crippen LogP contribution is -2.35. The van der Waals surface area contributed by atoms with Crippen LogP contribution in [-0.2, 0) is 9.53 Å². The highest BCUT2D eigenvalue weighted by atomic mass is 16.5. The Hall–Kier alpha value is -2.90. The van der Waals surface area contributed by atoms with Crippen LogP contribution in [0.25, 0.3) is 0 Å². The number of imide groups is 1. The first-order chi connectivity index (χ1) is 12.0. The molecule has 0 saturated heterocycles. The van der Waals surface area contributed by atoms with Gasteiger partial charge in [-0.1, -0.05) is 12.1 Å². The van der Waals surface area contributed by atoms with Crippen molar-refractivity contribution in [2.45, 2.75) is 19.8 Å². The van der Waals surface area contributed by atoms with Gasteiger partial charge < -0.3 is 15.4 Å². The first-order valence-corrected chi connectivity index (χ1v) is 8.17. The van der Waals surface area contributed by atoms with Crippen molar-refractivity contribution in [3.63, 3.8) is 0 Å². The van der Waals surface area contributed by atoms with E-state index in [1.165, 1.54) is 4.90 Å². The minimum atomic E-state index is -0.526. The third kappa shape index (κ3) is 4.79. The first-order valence-electron chi connectivity index (χ1n) is 8.17. The summed E-state index contributed by atoms with van der Waals surface area (Å²) in [7, 11) is 0. The molecule has 1 aromatic carbocycles. The molecule has 1 heterocycles. The van der Waals surface area contributed by atoms with Crippen molar-refractivity contribution >= 4 is 23.8 Å². The Balaban J connectivity index is 1.66. The van der Waals surface area contributed by atoms with Gasteiger partial charge in [0.2, 0.25) is 5.91 Å². The van der Waals surface area contributed by atoms with Crippen LogP contribution in [0.3, 0.4) is 0 Å². The summed E-state index contributed by atoms with van der Waals surface area (Å²) in [6.07, 6.45) is 0.0393. The zero-order valence-corrected chi connectivity index (χ0v) is 14.0. The normalized spacial score (nSPS) is 12.8. The van der Waals surface area contributed by atoms with Crippen molar-refractivity contribution in [2.24, 2.45) is 0 Å². The molecule has 8 heteroatoms. The fourth-order valence-corrected chi connectivity index (χ4v) is 2.48. The summed E-state index contributed by atoms with van der Waals surface area (Å²) in [4.78, 5) is 48.3. The summed E-state index contributed by atoms with van der Waals surface area (Å²) in [6, 6.07) is 6.67. The Kier molecular flexibility index (Phi) is 6.50. The van der Waals surface area contributed by atoms with Crippen molar-refractivity contribution < 1.29 is 23.9 Å². The number of nitrogens with one attached hydrogen (secondary N) is 2. The molecule has 0 bridgehead atoms. The Morgan fingerprint density at radius 3 is 2.24 bits per heavy atom. The van der Waals surface area contributed by atoms with Crippen LogP contribution >= 0.6 is 0 Å². The topological polar surface area (TPSA) is 105 Å². The molecule has 1 aliphatic heterocycles. The van der Waals surface area contributed by atoms with E-state index < -0.39 is 6.09 Å². The predicted molar refractivity (Wildman–Crippen MR) is 89.1 cm³/mol. The number of nitrogens with zero attached hydrogens (tertiary/aromatic N) is 1. The number of alkyl carbamates (subject to hydrolysis) is 1. The maximum atomic E-state index is 12.2. The van der Waals surface area contributed by atoms with Gasteiger partial charge in [-0.2, -0.15) is 0 Å². The third-order valence-corrected chi connectivity index (χ3v) is 3.66. The van der Waals surface area contributed by atoms with Gasteiger partial charge in [0.1, 0.15) is 0 Å². The minimum absolute atomic E-state index is 0.187. The van der Waals surface area contributed by atoms with Crippen molar-refractivity contribution in [3.05, 3.63) is 35.4 Å². The lowest BCUT2D eigenvalue weighted by atomic mass is 10.1. The van der Waals surface area contributed by atoms with Crippen LogP contribution in [0.4, 0.5) is 4.79 Å². The Morgan fingerprint density at radius 1 is 1.04 bits per heavy atom. The molecule has 0 radical (unpaired) electrons. The predicted octanol–water partition coefficient (Wildman–Crippen LogP) is 0.925. The van der Waals surface area contributed by atoms with Gasteiger partial charge in [0, 0.05) is 26.1 Å². The molecule has 0 spiro atoms. The second-order valence-corrected chi connectivity index (χ2v) is 5.41. The van der Waals surface area contributed by atoms with Crippen LogP contribution in [0.1, 0.15) is 40.5 Å². The Labute approximate surface area is 145 Å². The first kappa shape index (κ1) is 18.4. The van der Waals surface area contributed by atoms with E-state index in [0.29, 0.717) is 17.5 Å². The summed E-state index contributed by atoms with van der Waals surface area (Å²) < 4.78 is 4.69. The molecular weight excluding hydrogens is 326 g/mol. The maximum absolute atomic E-state index is 12.2. The van der Waals surface area contributed by atoms with Gasteiger partial charge in [-0.3, -0.25) is 19.3 Å². The maximum Gasteiger partial charge on any atom is 0.407 e. The summed E-state index contributed by atoms with van der Waals surface area (Å²) in [5.74, 6) is -0.846. The van der Waals surface area contributed by atoms with E-state index in [4.69, 9.17) is 0 Å². The molecule has 0 saturated carbocycles. The van der Waals surface area contributed by atoms with Crippen LogP contribution in [0, 0.1) is 0 Å². The highest BCUT2D eigenvalue weighted by Gasteiger charge is 2.34. The lowest BCUT2D eigenvalue weighted by Gasteiger charge is -2.13. The van der Waals surface area contributed by atoms with Gasteiger partial charge >= 0.3 is 6.09 Å². The van der Waals surface area contributed by atoms with Crippen molar-refractivity contribution in [2.75, 3.05) is 26.2 Å². The summed E-state index contributed by atoms with van der Waals surface area (Å²) >= 11 is 0. The average molecular weight is 347 g/mol. The molecule has 2 N–H and O–H groups in total. The summed E-state index contributed by atoms with van der Waals surface area (Å²) in [6.45, 7) is 2.74. The molecule has 2 rings (SSSR count). The molecule has 0 atom stereocenters. The zero-order chi connectivity index (χ0) is 18.2. The SMILES string of the molecule is CCOC(=O)NCCNC(=O)CCCN1C(=O)c2ccccc2C1=O. The van der Waals surface area contributed by atoms with Crippen molar-refractivity contribution in [1.82, 2.24) is 15.5 Å². The van der Waals surface area contributed by atoms with E-state index in [2.05, 4.69) is 15.4 Å². The number of ether oxygens (including phenoxy) is 1. The van der Waals surface area contributed by atoms with Gasteiger partial charge in [0.25, 0.3) is 11.8 Å². The van der Waals surface area contributed by atoms with E-state index in [-0.39, 0.29) is 50.4 Å². The molecule has 4 amide bonds. The smallest absolute Gasteiger partial charge is 0.407 e. The molecule has 0 aromatic heterocycles. The van der Waals surface area contributed by atoms with Crippen LogP contribution in [0.15, 0.2) is 24.3 Å². The molecule has 0 unspecified atom stereocenters. The van der Waals surface area contributed by atoms with Gasteiger partial charge in [-0.05, 0) is 25.5 Å². The Morgan fingerprint density at radius 2 is 1.64 bits per heavy atom. The summed E-state index contributed by atoms with van der Waals surface area (Å²) in [5.41, 5.74) is 0.809. The largest absolute Gasteiger partial charge is 0.450 e. The molecule has 0 fully saturated rings. The number of fused-ring (bicyclic) bond motifs is 1. The van der Waals surface area contributed by atoms with Gasteiger partial charge in [0.05, 0.1) is 17.7 Å².